The first-order valence-corrected chi connectivity index (χ1v) is 12.4. The molecule has 6 rings (SSSR count). The molecule has 2 heteroatoms. The lowest BCUT2D eigenvalue weighted by molar-refractivity contribution is 0.104. The van der Waals surface area contributed by atoms with Gasteiger partial charge in [-0.2, -0.15) is 0 Å². The SMILES string of the molecule is Cc1ccc(-c2ccc3c(Oc4ccc(C(C)(C)C)cc4)ccc4c3c2C(=O)c2ccccc2-4)cc1. The number of fused-ring (bicyclic) bond motifs is 2. The smallest absolute Gasteiger partial charge is 0.194 e. The van der Waals surface area contributed by atoms with Crippen molar-refractivity contribution >= 4 is 16.6 Å². The van der Waals surface area contributed by atoms with Gasteiger partial charge in [-0.1, -0.05) is 93.1 Å². The Morgan fingerprint density at radius 3 is 2.00 bits per heavy atom. The third kappa shape index (κ3) is 3.61. The van der Waals surface area contributed by atoms with Gasteiger partial charge >= 0.3 is 0 Å². The van der Waals surface area contributed by atoms with Gasteiger partial charge in [0.15, 0.2) is 5.78 Å². The Balaban J connectivity index is 1.56. The van der Waals surface area contributed by atoms with Crippen LogP contribution < -0.4 is 4.74 Å². The van der Waals surface area contributed by atoms with Crippen LogP contribution >= 0.6 is 0 Å². The van der Waals surface area contributed by atoms with E-state index >= 15 is 0 Å². The Morgan fingerprint density at radius 2 is 1.31 bits per heavy atom. The predicted molar refractivity (Wildman–Crippen MR) is 148 cm³/mol. The topological polar surface area (TPSA) is 26.3 Å². The van der Waals surface area contributed by atoms with Gasteiger partial charge in [0.2, 0.25) is 0 Å². The quantitative estimate of drug-likeness (QED) is 0.259. The molecule has 5 aromatic carbocycles. The van der Waals surface area contributed by atoms with Gasteiger partial charge in [-0.3, -0.25) is 4.79 Å². The van der Waals surface area contributed by atoms with Crippen molar-refractivity contribution in [1.29, 1.82) is 0 Å². The van der Waals surface area contributed by atoms with E-state index in [1.54, 1.807) is 0 Å². The fourth-order valence-corrected chi connectivity index (χ4v) is 5.14. The zero-order valence-electron chi connectivity index (χ0n) is 21.1. The molecule has 0 saturated heterocycles. The highest BCUT2D eigenvalue weighted by molar-refractivity contribution is 6.29. The normalized spacial score (nSPS) is 12.5. The Kier molecular flexibility index (Phi) is 5.08. The summed E-state index contributed by atoms with van der Waals surface area (Å²) in [6, 6.07) is 32.8. The van der Waals surface area contributed by atoms with Crippen LogP contribution in [0.5, 0.6) is 11.5 Å². The van der Waals surface area contributed by atoms with Crippen molar-refractivity contribution in [2.45, 2.75) is 33.1 Å². The Hall–Kier alpha value is -4.17. The molecule has 0 aliphatic heterocycles. The highest BCUT2D eigenvalue weighted by Gasteiger charge is 2.29. The number of benzene rings is 5. The molecule has 0 saturated carbocycles. The van der Waals surface area contributed by atoms with Gasteiger partial charge < -0.3 is 4.74 Å². The molecule has 0 amide bonds. The van der Waals surface area contributed by atoms with Crippen LogP contribution in [0.4, 0.5) is 0 Å². The fourth-order valence-electron chi connectivity index (χ4n) is 5.14. The summed E-state index contributed by atoms with van der Waals surface area (Å²) >= 11 is 0. The average Bonchev–Trinajstić information content (AvgIpc) is 2.88. The molecule has 36 heavy (non-hydrogen) atoms. The predicted octanol–water partition coefficient (Wildman–Crippen LogP) is 9.12. The molecule has 0 spiro atoms. The summed E-state index contributed by atoms with van der Waals surface area (Å²) in [4.78, 5) is 13.9. The third-order valence-corrected chi connectivity index (χ3v) is 7.14. The second kappa shape index (κ2) is 8.20. The Morgan fingerprint density at radius 1 is 0.639 bits per heavy atom. The number of ketones is 1. The number of hydrogen-bond donors (Lipinski definition) is 0. The van der Waals surface area contributed by atoms with Gasteiger partial charge in [0, 0.05) is 21.9 Å². The fraction of sp³-hybridized carbons (Fsp3) is 0.147. The molecule has 1 aliphatic carbocycles. The van der Waals surface area contributed by atoms with E-state index in [0.717, 1.165) is 55.7 Å². The van der Waals surface area contributed by atoms with Crippen molar-refractivity contribution in [3.8, 4) is 33.8 Å². The Labute approximate surface area is 212 Å². The van der Waals surface area contributed by atoms with E-state index in [4.69, 9.17) is 4.74 Å². The first-order chi connectivity index (χ1) is 17.3. The monoisotopic (exact) mass is 468 g/mol. The lowest BCUT2D eigenvalue weighted by Crippen LogP contribution is -2.12. The molecule has 0 heterocycles. The second-order valence-electron chi connectivity index (χ2n) is 10.6. The molecule has 0 fully saturated rings. The first-order valence-electron chi connectivity index (χ1n) is 12.4. The summed E-state index contributed by atoms with van der Waals surface area (Å²) in [5, 5.41) is 1.90. The van der Waals surface area contributed by atoms with Crippen LogP contribution in [0.25, 0.3) is 33.0 Å². The lowest BCUT2D eigenvalue weighted by atomic mass is 9.79. The molecule has 0 atom stereocenters. The second-order valence-corrected chi connectivity index (χ2v) is 10.6. The molecule has 1 aliphatic rings. The van der Waals surface area contributed by atoms with Crippen LogP contribution in [0.15, 0.2) is 97.1 Å². The van der Waals surface area contributed by atoms with E-state index in [2.05, 4.69) is 82.3 Å². The lowest BCUT2D eigenvalue weighted by Gasteiger charge is -2.24. The van der Waals surface area contributed by atoms with Crippen molar-refractivity contribution in [3.63, 3.8) is 0 Å². The molecule has 0 aromatic heterocycles. The van der Waals surface area contributed by atoms with Crippen LogP contribution in [0.3, 0.4) is 0 Å². The van der Waals surface area contributed by atoms with E-state index in [0.29, 0.717) is 0 Å². The van der Waals surface area contributed by atoms with Crippen molar-refractivity contribution in [1.82, 2.24) is 0 Å². The van der Waals surface area contributed by atoms with Crippen LogP contribution in [-0.2, 0) is 5.41 Å². The van der Waals surface area contributed by atoms with Crippen molar-refractivity contribution in [2.24, 2.45) is 0 Å². The van der Waals surface area contributed by atoms with E-state index in [1.165, 1.54) is 11.1 Å². The van der Waals surface area contributed by atoms with Crippen LogP contribution in [-0.4, -0.2) is 5.78 Å². The van der Waals surface area contributed by atoms with Crippen molar-refractivity contribution < 1.29 is 9.53 Å². The number of ether oxygens (including phenoxy) is 1. The standard InChI is InChI=1S/C34H28O2/c1-21-9-11-22(12-10-21)25-17-18-29-30(36-24-15-13-23(14-16-24)34(2,3)4)20-19-27-26-7-5-6-8-28(26)33(35)32(25)31(27)29/h5-20H,1-4H3. The maximum absolute atomic E-state index is 13.9. The zero-order chi connectivity index (χ0) is 25.0. The van der Waals surface area contributed by atoms with E-state index < -0.39 is 0 Å². The third-order valence-electron chi connectivity index (χ3n) is 7.14. The number of rotatable bonds is 3. The molecule has 2 nitrogen and oxygen atoms in total. The van der Waals surface area contributed by atoms with E-state index in [1.807, 2.05) is 42.5 Å². The molecule has 0 unspecified atom stereocenters. The maximum atomic E-state index is 13.9. The van der Waals surface area contributed by atoms with Gasteiger partial charge in [0.25, 0.3) is 0 Å². The van der Waals surface area contributed by atoms with E-state index in [9.17, 15) is 4.79 Å². The minimum absolute atomic E-state index is 0.0611. The first kappa shape index (κ1) is 22.3. The highest BCUT2D eigenvalue weighted by Crippen LogP contribution is 2.46. The number of hydrogen-bond acceptors (Lipinski definition) is 2. The summed E-state index contributed by atoms with van der Waals surface area (Å²) in [5.41, 5.74) is 8.07. The highest BCUT2D eigenvalue weighted by atomic mass is 16.5. The minimum Gasteiger partial charge on any atom is -0.457 e. The van der Waals surface area contributed by atoms with Crippen molar-refractivity contribution in [3.05, 3.63) is 119 Å². The summed E-state index contributed by atoms with van der Waals surface area (Å²) in [6.07, 6.45) is 0. The maximum Gasteiger partial charge on any atom is 0.194 e. The molecule has 0 N–H and O–H groups in total. The molecule has 0 radical (unpaired) electrons. The molecular formula is C34H28O2. The van der Waals surface area contributed by atoms with Crippen LogP contribution in [0.2, 0.25) is 0 Å². The van der Waals surface area contributed by atoms with Gasteiger partial charge in [-0.05, 0) is 70.5 Å². The summed E-state index contributed by atoms with van der Waals surface area (Å²) in [6.45, 7) is 8.69. The summed E-state index contributed by atoms with van der Waals surface area (Å²) < 4.78 is 6.41. The largest absolute Gasteiger partial charge is 0.457 e. The molecular weight excluding hydrogens is 440 g/mol. The number of carbonyl (C=O) groups is 1. The van der Waals surface area contributed by atoms with E-state index in [-0.39, 0.29) is 11.2 Å². The average molecular weight is 469 g/mol. The molecule has 5 aromatic rings. The van der Waals surface area contributed by atoms with Gasteiger partial charge in [0.1, 0.15) is 11.5 Å². The summed E-state index contributed by atoms with van der Waals surface area (Å²) in [5.74, 6) is 1.59. The van der Waals surface area contributed by atoms with Gasteiger partial charge in [-0.25, -0.2) is 0 Å². The minimum atomic E-state index is 0.0611. The zero-order valence-corrected chi connectivity index (χ0v) is 21.1. The summed E-state index contributed by atoms with van der Waals surface area (Å²) in [7, 11) is 0. The number of carbonyl (C=O) groups excluding carboxylic acids is 1. The van der Waals surface area contributed by atoms with Crippen LogP contribution in [0.1, 0.15) is 47.8 Å². The van der Waals surface area contributed by atoms with Gasteiger partial charge in [-0.15, -0.1) is 0 Å². The number of aryl methyl sites for hydroxylation is 1. The van der Waals surface area contributed by atoms with Crippen molar-refractivity contribution in [2.75, 3.05) is 0 Å². The molecule has 0 bridgehead atoms. The van der Waals surface area contributed by atoms with Crippen LogP contribution in [0, 0.1) is 6.92 Å². The molecule has 176 valence electrons. The Bertz CT molecular complexity index is 1630. The van der Waals surface area contributed by atoms with Gasteiger partial charge in [0.05, 0.1) is 0 Å².